The SMILES string of the molecule is CC1CN(c2nccnc2Oc2nccnc2N2CCNC(C)C2)CCN1. The molecule has 9 heteroatoms. The molecule has 0 aliphatic carbocycles. The summed E-state index contributed by atoms with van der Waals surface area (Å²) < 4.78 is 6.15. The van der Waals surface area contributed by atoms with Crippen LogP contribution < -0.4 is 25.2 Å². The molecule has 144 valence electrons. The van der Waals surface area contributed by atoms with E-state index in [0.717, 1.165) is 50.9 Å². The molecule has 2 aliphatic heterocycles. The second-order valence-corrected chi connectivity index (χ2v) is 7.07. The lowest BCUT2D eigenvalue weighted by atomic mass is 10.2. The van der Waals surface area contributed by atoms with E-state index >= 15 is 0 Å². The summed E-state index contributed by atoms with van der Waals surface area (Å²) in [6.45, 7) is 9.59. The van der Waals surface area contributed by atoms with Gasteiger partial charge in [-0.2, -0.15) is 0 Å². The normalized spacial score (nSPS) is 23.3. The standard InChI is InChI=1S/C18H26N8O/c1-13-11-25(9-7-19-13)15-17(23-5-3-21-15)27-18-16(22-4-6-24-18)26-10-8-20-14(2)12-26/h3-6,13-14,19-20H,7-12H2,1-2H3. The van der Waals surface area contributed by atoms with Gasteiger partial charge in [-0.1, -0.05) is 0 Å². The van der Waals surface area contributed by atoms with Crippen LogP contribution in [0, 0.1) is 0 Å². The smallest absolute Gasteiger partial charge is 0.264 e. The second kappa shape index (κ2) is 8.01. The minimum Gasteiger partial charge on any atom is -0.413 e. The number of hydrogen-bond acceptors (Lipinski definition) is 9. The molecule has 0 radical (unpaired) electrons. The van der Waals surface area contributed by atoms with E-state index in [-0.39, 0.29) is 0 Å². The van der Waals surface area contributed by atoms with Crippen molar-refractivity contribution in [1.82, 2.24) is 30.6 Å². The zero-order chi connectivity index (χ0) is 18.6. The van der Waals surface area contributed by atoms with Gasteiger partial charge in [0.05, 0.1) is 0 Å². The Morgan fingerprint density at radius 1 is 0.778 bits per heavy atom. The maximum atomic E-state index is 6.15. The highest BCUT2D eigenvalue weighted by Crippen LogP contribution is 2.32. The molecule has 2 atom stereocenters. The van der Waals surface area contributed by atoms with Gasteiger partial charge in [0.1, 0.15) is 0 Å². The fourth-order valence-electron chi connectivity index (χ4n) is 3.55. The molecule has 4 heterocycles. The van der Waals surface area contributed by atoms with Crippen LogP contribution in [0.4, 0.5) is 11.6 Å². The van der Waals surface area contributed by atoms with Gasteiger partial charge in [-0.25, -0.2) is 19.9 Å². The van der Waals surface area contributed by atoms with Crippen LogP contribution in [-0.2, 0) is 0 Å². The van der Waals surface area contributed by atoms with Crippen LogP contribution in [-0.4, -0.2) is 71.3 Å². The molecule has 0 aromatic carbocycles. The molecule has 27 heavy (non-hydrogen) atoms. The molecule has 2 N–H and O–H groups in total. The predicted molar refractivity (Wildman–Crippen MR) is 103 cm³/mol. The van der Waals surface area contributed by atoms with Crippen molar-refractivity contribution in [3.63, 3.8) is 0 Å². The molecule has 2 fully saturated rings. The third-order valence-electron chi connectivity index (χ3n) is 4.82. The van der Waals surface area contributed by atoms with Crippen LogP contribution in [0.3, 0.4) is 0 Å². The first-order chi connectivity index (χ1) is 13.2. The number of ether oxygens (including phenoxy) is 1. The third kappa shape index (κ3) is 4.09. The van der Waals surface area contributed by atoms with Crippen molar-refractivity contribution in [2.45, 2.75) is 25.9 Å². The zero-order valence-corrected chi connectivity index (χ0v) is 15.8. The van der Waals surface area contributed by atoms with Gasteiger partial charge in [0.2, 0.25) is 0 Å². The molecule has 2 aromatic rings. The van der Waals surface area contributed by atoms with Gasteiger partial charge < -0.3 is 25.2 Å². The Morgan fingerprint density at radius 3 is 1.67 bits per heavy atom. The van der Waals surface area contributed by atoms with Crippen LogP contribution in [0.25, 0.3) is 0 Å². The topological polar surface area (TPSA) is 91.3 Å². The highest BCUT2D eigenvalue weighted by molar-refractivity contribution is 5.54. The first-order valence-electron chi connectivity index (χ1n) is 9.47. The first kappa shape index (κ1) is 17.9. The molecule has 0 amide bonds. The molecule has 2 aliphatic rings. The predicted octanol–water partition coefficient (Wildman–Crippen LogP) is 0.655. The Labute approximate surface area is 159 Å². The molecule has 2 unspecified atom stereocenters. The van der Waals surface area contributed by atoms with Crippen molar-refractivity contribution in [2.75, 3.05) is 49.1 Å². The Hall–Kier alpha value is -2.52. The number of nitrogens with zero attached hydrogens (tertiary/aromatic N) is 6. The van der Waals surface area contributed by atoms with Gasteiger partial charge in [0.15, 0.2) is 11.6 Å². The summed E-state index contributed by atoms with van der Waals surface area (Å²) in [5.41, 5.74) is 0. The number of piperazine rings is 2. The van der Waals surface area contributed by atoms with Gasteiger partial charge in [0.25, 0.3) is 11.8 Å². The summed E-state index contributed by atoms with van der Waals surface area (Å²) in [7, 11) is 0. The molecular formula is C18H26N8O. The Balaban J connectivity index is 1.60. The lowest BCUT2D eigenvalue weighted by Crippen LogP contribution is -2.49. The van der Waals surface area contributed by atoms with E-state index < -0.39 is 0 Å². The van der Waals surface area contributed by atoms with Gasteiger partial charge >= 0.3 is 0 Å². The highest BCUT2D eigenvalue weighted by atomic mass is 16.5. The van der Waals surface area contributed by atoms with E-state index in [1.807, 2.05) is 0 Å². The Morgan fingerprint density at radius 2 is 1.22 bits per heavy atom. The van der Waals surface area contributed by atoms with Crippen LogP contribution in [0.15, 0.2) is 24.8 Å². The van der Waals surface area contributed by atoms with E-state index in [1.54, 1.807) is 24.8 Å². The minimum absolute atomic E-state index is 0.392. The molecule has 0 saturated carbocycles. The van der Waals surface area contributed by atoms with Crippen LogP contribution in [0.1, 0.15) is 13.8 Å². The lowest BCUT2D eigenvalue weighted by Gasteiger charge is -2.34. The molecule has 2 saturated heterocycles. The summed E-state index contributed by atoms with van der Waals surface area (Å²) in [5, 5.41) is 6.88. The number of hydrogen-bond donors (Lipinski definition) is 2. The summed E-state index contributed by atoms with van der Waals surface area (Å²) >= 11 is 0. The largest absolute Gasteiger partial charge is 0.413 e. The average Bonchev–Trinajstić information content (AvgIpc) is 2.69. The van der Waals surface area contributed by atoms with Gasteiger partial charge in [0, 0.05) is 76.1 Å². The van der Waals surface area contributed by atoms with Gasteiger partial charge in [-0.05, 0) is 13.8 Å². The quantitative estimate of drug-likeness (QED) is 0.805. The summed E-state index contributed by atoms with van der Waals surface area (Å²) in [6.07, 6.45) is 6.69. The summed E-state index contributed by atoms with van der Waals surface area (Å²) in [6, 6.07) is 0.783. The fraction of sp³-hybridized carbons (Fsp3) is 0.556. The minimum atomic E-state index is 0.392. The first-order valence-corrected chi connectivity index (χ1v) is 9.47. The molecule has 0 bridgehead atoms. The molecular weight excluding hydrogens is 344 g/mol. The maximum Gasteiger partial charge on any atom is 0.264 e. The zero-order valence-electron chi connectivity index (χ0n) is 15.8. The number of rotatable bonds is 4. The van der Waals surface area contributed by atoms with Crippen molar-refractivity contribution >= 4 is 11.6 Å². The van der Waals surface area contributed by atoms with E-state index in [9.17, 15) is 0 Å². The second-order valence-electron chi connectivity index (χ2n) is 7.07. The Bertz CT molecular complexity index is 709. The number of aromatic nitrogens is 4. The monoisotopic (exact) mass is 370 g/mol. The molecule has 2 aromatic heterocycles. The molecule has 4 rings (SSSR count). The van der Waals surface area contributed by atoms with Crippen molar-refractivity contribution in [3.05, 3.63) is 24.8 Å². The van der Waals surface area contributed by atoms with E-state index in [1.165, 1.54) is 0 Å². The summed E-state index contributed by atoms with van der Waals surface area (Å²) in [4.78, 5) is 22.3. The third-order valence-corrected chi connectivity index (χ3v) is 4.82. The van der Waals surface area contributed by atoms with Crippen molar-refractivity contribution < 1.29 is 4.74 Å². The highest BCUT2D eigenvalue weighted by Gasteiger charge is 2.25. The van der Waals surface area contributed by atoms with Crippen LogP contribution in [0.5, 0.6) is 11.8 Å². The average molecular weight is 370 g/mol. The summed E-state index contributed by atoms with van der Waals surface area (Å²) in [5.74, 6) is 2.43. The van der Waals surface area contributed by atoms with Crippen LogP contribution in [0.2, 0.25) is 0 Å². The van der Waals surface area contributed by atoms with Crippen molar-refractivity contribution in [1.29, 1.82) is 0 Å². The number of anilines is 2. The molecule has 9 nitrogen and oxygen atoms in total. The molecule has 0 spiro atoms. The van der Waals surface area contributed by atoms with Gasteiger partial charge in [-0.15, -0.1) is 0 Å². The fourth-order valence-corrected chi connectivity index (χ4v) is 3.55. The van der Waals surface area contributed by atoms with Crippen LogP contribution >= 0.6 is 0 Å². The number of nitrogens with one attached hydrogen (secondary N) is 2. The lowest BCUT2D eigenvalue weighted by molar-refractivity contribution is 0.422. The van der Waals surface area contributed by atoms with Crippen molar-refractivity contribution in [2.24, 2.45) is 0 Å². The van der Waals surface area contributed by atoms with Crippen molar-refractivity contribution in [3.8, 4) is 11.8 Å². The van der Waals surface area contributed by atoms with Gasteiger partial charge in [-0.3, -0.25) is 0 Å². The van der Waals surface area contributed by atoms with E-state index in [4.69, 9.17) is 4.74 Å². The Kier molecular flexibility index (Phi) is 5.30. The van der Waals surface area contributed by atoms with E-state index in [2.05, 4.69) is 54.2 Å². The van der Waals surface area contributed by atoms with E-state index in [0.29, 0.717) is 23.8 Å². The maximum absolute atomic E-state index is 6.15.